The molecular formula is C9H13ClO. The van der Waals surface area contributed by atoms with E-state index in [1.54, 1.807) is 19.3 Å². The molecule has 2 heteroatoms. The largest absolute Gasteiger partial charge is 0.497 e. The average molecular weight is 173 g/mol. The maximum Gasteiger partial charge on any atom is 0.111 e. The van der Waals surface area contributed by atoms with Crippen molar-refractivity contribution in [3.63, 3.8) is 0 Å². The Morgan fingerprint density at radius 2 is 2.18 bits per heavy atom. The van der Waals surface area contributed by atoms with Crippen molar-refractivity contribution in [3.8, 4) is 0 Å². The molecule has 0 saturated heterocycles. The van der Waals surface area contributed by atoms with E-state index in [9.17, 15) is 0 Å². The standard InChI is InChI=1S/C9H13ClO/c1-4-5-9(10)7-6-8(2)11-3/h5-7H,2,4H2,1,3H3/b7-6-,9-5+. The SMILES string of the molecule is C=C(/C=C\C(Cl)=C/CC)OC. The van der Waals surface area contributed by atoms with Gasteiger partial charge in [0.05, 0.1) is 7.11 Å². The van der Waals surface area contributed by atoms with Gasteiger partial charge in [0.15, 0.2) is 0 Å². The zero-order valence-electron chi connectivity index (χ0n) is 6.93. The summed E-state index contributed by atoms with van der Waals surface area (Å²) in [5.41, 5.74) is 0. The van der Waals surface area contributed by atoms with Gasteiger partial charge in [-0.2, -0.15) is 0 Å². The van der Waals surface area contributed by atoms with Gasteiger partial charge in [-0.25, -0.2) is 0 Å². The molecule has 0 aliphatic rings. The van der Waals surface area contributed by atoms with Crippen LogP contribution in [0.15, 0.2) is 35.6 Å². The molecule has 0 radical (unpaired) electrons. The van der Waals surface area contributed by atoms with Crippen LogP contribution in [0.25, 0.3) is 0 Å². The second-order valence-electron chi connectivity index (χ2n) is 2.00. The number of ether oxygens (including phenoxy) is 1. The molecule has 62 valence electrons. The van der Waals surface area contributed by atoms with Crippen LogP contribution in [0.5, 0.6) is 0 Å². The first kappa shape index (κ1) is 10.3. The van der Waals surface area contributed by atoms with Crippen LogP contribution in [-0.2, 0) is 4.74 Å². The van der Waals surface area contributed by atoms with Crippen LogP contribution in [0.3, 0.4) is 0 Å². The summed E-state index contributed by atoms with van der Waals surface area (Å²) in [5.74, 6) is 0.604. The Kier molecular flexibility index (Phi) is 5.67. The van der Waals surface area contributed by atoms with Gasteiger partial charge in [-0.3, -0.25) is 0 Å². The van der Waals surface area contributed by atoms with E-state index in [0.717, 1.165) is 6.42 Å². The average Bonchev–Trinajstić information content (AvgIpc) is 2.01. The van der Waals surface area contributed by atoms with E-state index in [1.807, 2.05) is 13.0 Å². The molecule has 0 aromatic heterocycles. The first-order valence-corrected chi connectivity index (χ1v) is 3.85. The second kappa shape index (κ2) is 6.05. The zero-order chi connectivity index (χ0) is 8.69. The topological polar surface area (TPSA) is 9.23 Å². The van der Waals surface area contributed by atoms with Gasteiger partial charge >= 0.3 is 0 Å². The Bertz CT molecular complexity index is 180. The summed E-state index contributed by atoms with van der Waals surface area (Å²) in [6.07, 6.45) is 6.34. The molecule has 1 nitrogen and oxygen atoms in total. The first-order valence-electron chi connectivity index (χ1n) is 3.47. The van der Waals surface area contributed by atoms with Gasteiger partial charge in [-0.1, -0.05) is 31.2 Å². The Labute approximate surface area is 73.0 Å². The van der Waals surface area contributed by atoms with Crippen molar-refractivity contribution >= 4 is 11.6 Å². The molecule has 0 N–H and O–H groups in total. The van der Waals surface area contributed by atoms with E-state index in [1.165, 1.54) is 0 Å². The fourth-order valence-electron chi connectivity index (χ4n) is 0.504. The van der Waals surface area contributed by atoms with Crippen molar-refractivity contribution < 1.29 is 4.74 Å². The normalized spacial score (nSPS) is 12.1. The predicted molar refractivity (Wildman–Crippen MR) is 49.5 cm³/mol. The first-order chi connectivity index (χ1) is 5.20. The maximum absolute atomic E-state index is 5.76. The highest BCUT2D eigenvalue weighted by Crippen LogP contribution is 2.06. The molecule has 0 aromatic rings. The van der Waals surface area contributed by atoms with E-state index >= 15 is 0 Å². The number of methoxy groups -OCH3 is 1. The van der Waals surface area contributed by atoms with Crippen molar-refractivity contribution in [2.24, 2.45) is 0 Å². The fraction of sp³-hybridized carbons (Fsp3) is 0.333. The van der Waals surface area contributed by atoms with E-state index in [0.29, 0.717) is 10.8 Å². The van der Waals surface area contributed by atoms with Crippen molar-refractivity contribution in [3.05, 3.63) is 35.6 Å². The molecule has 0 spiro atoms. The fourth-order valence-corrected chi connectivity index (χ4v) is 0.721. The van der Waals surface area contributed by atoms with E-state index in [2.05, 4.69) is 6.58 Å². The molecule has 0 aliphatic heterocycles. The Morgan fingerprint density at radius 1 is 1.55 bits per heavy atom. The van der Waals surface area contributed by atoms with Crippen LogP contribution < -0.4 is 0 Å². The van der Waals surface area contributed by atoms with Crippen LogP contribution in [0.2, 0.25) is 0 Å². The number of halogens is 1. The summed E-state index contributed by atoms with van der Waals surface area (Å²) >= 11 is 5.76. The molecule has 0 atom stereocenters. The lowest BCUT2D eigenvalue weighted by Gasteiger charge is -1.94. The number of hydrogen-bond donors (Lipinski definition) is 0. The van der Waals surface area contributed by atoms with Crippen molar-refractivity contribution in [1.29, 1.82) is 0 Å². The summed E-state index contributed by atoms with van der Waals surface area (Å²) in [6, 6.07) is 0. The summed E-state index contributed by atoms with van der Waals surface area (Å²) in [6.45, 7) is 5.64. The number of allylic oxidation sites excluding steroid dienone is 4. The molecule has 0 aliphatic carbocycles. The van der Waals surface area contributed by atoms with Crippen molar-refractivity contribution in [1.82, 2.24) is 0 Å². The number of rotatable bonds is 4. The molecule has 0 aromatic carbocycles. The Balaban J connectivity index is 3.92. The maximum atomic E-state index is 5.76. The van der Waals surface area contributed by atoms with Crippen LogP contribution in [-0.4, -0.2) is 7.11 Å². The lowest BCUT2D eigenvalue weighted by molar-refractivity contribution is 0.309. The van der Waals surface area contributed by atoms with E-state index in [-0.39, 0.29) is 0 Å². The molecule has 0 amide bonds. The minimum Gasteiger partial charge on any atom is -0.497 e. The molecule has 0 heterocycles. The summed E-state index contributed by atoms with van der Waals surface area (Å²) in [7, 11) is 1.57. The Hall–Kier alpha value is -0.690. The van der Waals surface area contributed by atoms with Gasteiger partial charge < -0.3 is 4.74 Å². The third-order valence-corrected chi connectivity index (χ3v) is 1.37. The van der Waals surface area contributed by atoms with Gasteiger partial charge in [-0.15, -0.1) is 0 Å². The van der Waals surface area contributed by atoms with Crippen LogP contribution >= 0.6 is 11.6 Å². The van der Waals surface area contributed by atoms with Crippen molar-refractivity contribution in [2.75, 3.05) is 7.11 Å². The molecule has 0 unspecified atom stereocenters. The van der Waals surface area contributed by atoms with Gasteiger partial charge in [0, 0.05) is 5.03 Å². The minimum absolute atomic E-state index is 0.604. The third-order valence-electron chi connectivity index (χ3n) is 1.09. The highest BCUT2D eigenvalue weighted by Gasteiger charge is 1.84. The summed E-state index contributed by atoms with van der Waals surface area (Å²) in [4.78, 5) is 0. The monoisotopic (exact) mass is 172 g/mol. The zero-order valence-corrected chi connectivity index (χ0v) is 7.69. The van der Waals surface area contributed by atoms with Gasteiger partial charge in [-0.05, 0) is 18.6 Å². The van der Waals surface area contributed by atoms with E-state index in [4.69, 9.17) is 16.3 Å². The van der Waals surface area contributed by atoms with Gasteiger partial charge in [0.25, 0.3) is 0 Å². The van der Waals surface area contributed by atoms with Crippen LogP contribution in [0.4, 0.5) is 0 Å². The second-order valence-corrected chi connectivity index (χ2v) is 2.44. The quantitative estimate of drug-likeness (QED) is 0.467. The van der Waals surface area contributed by atoms with Crippen molar-refractivity contribution in [2.45, 2.75) is 13.3 Å². The van der Waals surface area contributed by atoms with Gasteiger partial charge in [0.2, 0.25) is 0 Å². The molecule has 0 rings (SSSR count). The minimum atomic E-state index is 0.604. The highest BCUT2D eigenvalue weighted by molar-refractivity contribution is 6.31. The molecule has 11 heavy (non-hydrogen) atoms. The smallest absolute Gasteiger partial charge is 0.111 e. The lowest BCUT2D eigenvalue weighted by atomic mass is 10.3. The van der Waals surface area contributed by atoms with E-state index < -0.39 is 0 Å². The van der Waals surface area contributed by atoms with Crippen LogP contribution in [0.1, 0.15) is 13.3 Å². The summed E-state index contributed by atoms with van der Waals surface area (Å²) < 4.78 is 4.81. The molecular weight excluding hydrogens is 160 g/mol. The summed E-state index contributed by atoms with van der Waals surface area (Å²) in [5, 5.41) is 0.714. The predicted octanol–water partition coefficient (Wildman–Crippen LogP) is 3.24. The highest BCUT2D eigenvalue weighted by atomic mass is 35.5. The lowest BCUT2D eigenvalue weighted by Crippen LogP contribution is -1.76. The molecule has 0 fully saturated rings. The molecule has 0 bridgehead atoms. The van der Waals surface area contributed by atoms with Crippen LogP contribution in [0, 0.1) is 0 Å². The number of hydrogen-bond acceptors (Lipinski definition) is 1. The Morgan fingerprint density at radius 3 is 2.64 bits per heavy atom. The molecule has 0 saturated carbocycles. The third kappa shape index (κ3) is 5.74. The van der Waals surface area contributed by atoms with Gasteiger partial charge in [0.1, 0.15) is 5.76 Å².